The Morgan fingerprint density at radius 2 is 1.27 bits per heavy atom. The van der Waals surface area contributed by atoms with Gasteiger partial charge in [-0.05, 0) is 61.0 Å². The summed E-state index contributed by atoms with van der Waals surface area (Å²) < 4.78 is 45.7. The number of aryl methyl sites for hydroxylation is 1. The van der Waals surface area contributed by atoms with Crippen LogP contribution >= 0.6 is 0 Å². The van der Waals surface area contributed by atoms with Gasteiger partial charge in [-0.3, -0.25) is 4.18 Å². The van der Waals surface area contributed by atoms with Crippen LogP contribution in [-0.4, -0.2) is 28.7 Å². The first-order valence-electron chi connectivity index (χ1n) is 9.41. The molecule has 0 fully saturated rings. The fourth-order valence-electron chi connectivity index (χ4n) is 2.60. The summed E-state index contributed by atoms with van der Waals surface area (Å²) in [7, 11) is -2.16. The van der Waals surface area contributed by atoms with E-state index in [1.807, 2.05) is 31.2 Å². The van der Waals surface area contributed by atoms with Crippen LogP contribution in [-0.2, 0) is 20.9 Å². The molecule has 30 heavy (non-hydrogen) atoms. The van der Waals surface area contributed by atoms with Crippen LogP contribution < -0.4 is 14.2 Å². The summed E-state index contributed by atoms with van der Waals surface area (Å²) in [6.45, 7) is 2.36. The largest absolute Gasteiger partial charge is 0.497 e. The first kappa shape index (κ1) is 21.7. The number of methoxy groups -OCH3 is 1. The summed E-state index contributed by atoms with van der Waals surface area (Å²) in [5, 5.41) is 0. The minimum atomic E-state index is -3.78. The quantitative estimate of drug-likeness (QED) is 0.353. The van der Waals surface area contributed by atoms with E-state index in [1.54, 1.807) is 43.5 Å². The van der Waals surface area contributed by atoms with E-state index >= 15 is 0 Å². The summed E-state index contributed by atoms with van der Waals surface area (Å²) >= 11 is 0. The molecule has 3 rings (SSSR count). The average Bonchev–Trinajstić information content (AvgIpc) is 2.77. The molecular formula is C23H24O6S. The van der Waals surface area contributed by atoms with Crippen molar-refractivity contribution in [3.63, 3.8) is 0 Å². The van der Waals surface area contributed by atoms with Crippen molar-refractivity contribution in [2.24, 2.45) is 0 Å². The predicted octanol–water partition coefficient (Wildman–Crippen LogP) is 4.37. The summed E-state index contributed by atoms with van der Waals surface area (Å²) in [6.07, 6.45) is 0. The van der Waals surface area contributed by atoms with E-state index in [4.69, 9.17) is 18.4 Å². The normalized spacial score (nSPS) is 11.1. The van der Waals surface area contributed by atoms with Crippen LogP contribution in [0.3, 0.4) is 0 Å². The van der Waals surface area contributed by atoms with Gasteiger partial charge in [0.25, 0.3) is 10.1 Å². The molecule has 0 aromatic heterocycles. The Balaban J connectivity index is 1.42. The number of ether oxygens (including phenoxy) is 3. The number of rotatable bonds is 10. The Bertz CT molecular complexity index is 1030. The third-order valence-electron chi connectivity index (χ3n) is 4.29. The highest BCUT2D eigenvalue weighted by Gasteiger charge is 2.14. The zero-order valence-corrected chi connectivity index (χ0v) is 17.7. The minimum absolute atomic E-state index is 0.0774. The SMILES string of the molecule is COc1ccc(COc2ccc(OCCOS(=O)(=O)c3ccc(C)cc3)cc2)cc1. The van der Waals surface area contributed by atoms with Crippen LogP contribution in [0.15, 0.2) is 77.7 Å². The van der Waals surface area contributed by atoms with Crippen molar-refractivity contribution in [1.29, 1.82) is 0 Å². The van der Waals surface area contributed by atoms with Crippen LogP contribution in [0.25, 0.3) is 0 Å². The minimum Gasteiger partial charge on any atom is -0.497 e. The Morgan fingerprint density at radius 1 is 0.700 bits per heavy atom. The van der Waals surface area contributed by atoms with Crippen molar-refractivity contribution in [2.45, 2.75) is 18.4 Å². The van der Waals surface area contributed by atoms with Crippen molar-refractivity contribution in [3.05, 3.63) is 83.9 Å². The highest BCUT2D eigenvalue weighted by molar-refractivity contribution is 7.86. The van der Waals surface area contributed by atoms with Gasteiger partial charge in [0.05, 0.1) is 12.0 Å². The highest BCUT2D eigenvalue weighted by Crippen LogP contribution is 2.20. The van der Waals surface area contributed by atoms with Gasteiger partial charge in [-0.15, -0.1) is 0 Å². The monoisotopic (exact) mass is 428 g/mol. The van der Waals surface area contributed by atoms with Crippen molar-refractivity contribution >= 4 is 10.1 Å². The molecule has 0 aliphatic carbocycles. The van der Waals surface area contributed by atoms with Gasteiger partial charge in [0.1, 0.15) is 37.1 Å². The molecular weight excluding hydrogens is 404 g/mol. The fraction of sp³-hybridized carbons (Fsp3) is 0.217. The van der Waals surface area contributed by atoms with Crippen LogP contribution in [0.5, 0.6) is 17.2 Å². The molecule has 0 bridgehead atoms. The van der Waals surface area contributed by atoms with Crippen LogP contribution in [0.4, 0.5) is 0 Å². The van der Waals surface area contributed by atoms with Crippen LogP contribution in [0.1, 0.15) is 11.1 Å². The summed E-state index contributed by atoms with van der Waals surface area (Å²) in [5.41, 5.74) is 2.01. The first-order chi connectivity index (χ1) is 14.5. The zero-order valence-electron chi connectivity index (χ0n) is 16.9. The lowest BCUT2D eigenvalue weighted by molar-refractivity contribution is 0.220. The topological polar surface area (TPSA) is 71.1 Å². The van der Waals surface area contributed by atoms with Crippen molar-refractivity contribution < 1.29 is 26.8 Å². The van der Waals surface area contributed by atoms with Gasteiger partial charge in [-0.2, -0.15) is 8.42 Å². The smallest absolute Gasteiger partial charge is 0.297 e. The van der Waals surface area contributed by atoms with Gasteiger partial charge in [0.15, 0.2) is 0 Å². The Hall–Kier alpha value is -3.03. The lowest BCUT2D eigenvalue weighted by atomic mass is 10.2. The second kappa shape index (κ2) is 10.1. The number of hydrogen-bond acceptors (Lipinski definition) is 6. The second-order valence-corrected chi connectivity index (χ2v) is 8.16. The van der Waals surface area contributed by atoms with Gasteiger partial charge in [-0.25, -0.2) is 0 Å². The summed E-state index contributed by atoms with van der Waals surface area (Å²) in [5.74, 6) is 2.11. The molecule has 0 unspecified atom stereocenters. The first-order valence-corrected chi connectivity index (χ1v) is 10.8. The summed E-state index contributed by atoms with van der Waals surface area (Å²) in [6, 6.07) is 21.3. The lowest BCUT2D eigenvalue weighted by Crippen LogP contribution is -2.13. The zero-order chi connectivity index (χ0) is 21.4. The predicted molar refractivity (Wildman–Crippen MR) is 114 cm³/mol. The maximum atomic E-state index is 12.1. The van der Waals surface area contributed by atoms with Gasteiger partial charge in [0, 0.05) is 0 Å². The van der Waals surface area contributed by atoms with Crippen molar-refractivity contribution in [2.75, 3.05) is 20.3 Å². The lowest BCUT2D eigenvalue weighted by Gasteiger charge is -2.10. The molecule has 0 N–H and O–H groups in total. The van der Waals surface area contributed by atoms with Crippen LogP contribution in [0, 0.1) is 6.92 Å². The number of benzene rings is 3. The molecule has 0 aliphatic rings. The Labute approximate surface area is 177 Å². The second-order valence-electron chi connectivity index (χ2n) is 6.55. The Morgan fingerprint density at radius 3 is 1.87 bits per heavy atom. The maximum Gasteiger partial charge on any atom is 0.297 e. The van der Waals surface area contributed by atoms with Gasteiger partial charge >= 0.3 is 0 Å². The van der Waals surface area contributed by atoms with Gasteiger partial charge < -0.3 is 14.2 Å². The highest BCUT2D eigenvalue weighted by atomic mass is 32.2. The molecule has 0 amide bonds. The molecule has 3 aromatic carbocycles. The van der Waals surface area contributed by atoms with E-state index in [1.165, 1.54) is 12.1 Å². The molecule has 0 saturated carbocycles. The molecule has 0 spiro atoms. The van der Waals surface area contributed by atoms with Crippen molar-refractivity contribution in [1.82, 2.24) is 0 Å². The van der Waals surface area contributed by atoms with Crippen molar-refractivity contribution in [3.8, 4) is 17.2 Å². The van der Waals surface area contributed by atoms with E-state index in [0.717, 1.165) is 16.9 Å². The molecule has 7 heteroatoms. The Kier molecular flexibility index (Phi) is 7.32. The van der Waals surface area contributed by atoms with Gasteiger partial charge in [-0.1, -0.05) is 29.8 Å². The van der Waals surface area contributed by atoms with Crippen LogP contribution in [0.2, 0.25) is 0 Å². The molecule has 6 nitrogen and oxygen atoms in total. The molecule has 0 radical (unpaired) electrons. The molecule has 3 aromatic rings. The third-order valence-corrected chi connectivity index (χ3v) is 5.61. The molecule has 0 saturated heterocycles. The fourth-order valence-corrected chi connectivity index (χ4v) is 3.49. The van der Waals surface area contributed by atoms with E-state index in [9.17, 15) is 8.42 Å². The standard InChI is InChI=1S/C23H24O6S/c1-18-3-13-23(14-4-18)30(24,25)29-16-15-27-21-9-11-22(12-10-21)28-17-19-5-7-20(26-2)8-6-19/h3-14H,15-17H2,1-2H3. The van der Waals surface area contributed by atoms with E-state index in [0.29, 0.717) is 18.1 Å². The van der Waals surface area contributed by atoms with Gasteiger partial charge in [0.2, 0.25) is 0 Å². The molecule has 158 valence electrons. The third kappa shape index (κ3) is 6.23. The number of hydrogen-bond donors (Lipinski definition) is 0. The van der Waals surface area contributed by atoms with E-state index < -0.39 is 10.1 Å². The maximum absolute atomic E-state index is 12.1. The molecule has 0 aliphatic heterocycles. The summed E-state index contributed by atoms with van der Waals surface area (Å²) in [4.78, 5) is 0.131. The average molecular weight is 429 g/mol. The van der Waals surface area contributed by atoms with E-state index in [-0.39, 0.29) is 18.1 Å². The molecule has 0 atom stereocenters. The molecule has 0 heterocycles. The van der Waals surface area contributed by atoms with E-state index in [2.05, 4.69) is 0 Å².